The van der Waals surface area contributed by atoms with Gasteiger partial charge in [-0.3, -0.25) is 4.98 Å². The van der Waals surface area contributed by atoms with Gasteiger partial charge in [-0.05, 0) is 48.5 Å². The third kappa shape index (κ3) is 9.43. The first-order valence-corrected chi connectivity index (χ1v) is 11.5. The van der Waals surface area contributed by atoms with Crippen LogP contribution in [0.2, 0.25) is 0 Å². The number of pyridine rings is 1. The molecule has 0 aliphatic heterocycles. The number of fused-ring (bicyclic) bond motifs is 1. The molecule has 0 amide bonds. The zero-order valence-corrected chi connectivity index (χ0v) is 20.5. The Balaban J connectivity index is 0.000000466. The minimum atomic E-state index is -1.26. The molecule has 184 valence electrons. The van der Waals surface area contributed by atoms with Crippen molar-refractivity contribution in [3.8, 4) is 0 Å². The number of benzene rings is 2. The van der Waals surface area contributed by atoms with Crippen molar-refractivity contribution in [2.24, 2.45) is 0 Å². The van der Waals surface area contributed by atoms with Crippen molar-refractivity contribution in [2.45, 2.75) is 13.8 Å². The Bertz CT molecular complexity index is 1130. The molecule has 0 aliphatic rings. The third-order valence-corrected chi connectivity index (χ3v) is 5.49. The van der Waals surface area contributed by atoms with E-state index < -0.39 is 11.9 Å². The highest BCUT2D eigenvalue weighted by molar-refractivity contribution is 5.90. The number of hydrogen-bond donors (Lipinski definition) is 2. The highest BCUT2D eigenvalue weighted by Gasteiger charge is 2.04. The number of carboxylic acids is 2. The van der Waals surface area contributed by atoms with Crippen LogP contribution in [0.25, 0.3) is 23.1 Å². The second-order valence-electron chi connectivity index (χ2n) is 7.80. The van der Waals surface area contributed by atoms with E-state index in [0.717, 1.165) is 31.7 Å². The number of anilines is 1. The second kappa shape index (κ2) is 14.3. The first kappa shape index (κ1) is 27.3. The van der Waals surface area contributed by atoms with Crippen LogP contribution in [0.5, 0.6) is 0 Å². The lowest BCUT2D eigenvalue weighted by atomic mass is 10.1. The lowest BCUT2D eigenvalue weighted by molar-refractivity contribution is -0.134. The van der Waals surface area contributed by atoms with E-state index in [4.69, 9.17) is 10.2 Å². The van der Waals surface area contributed by atoms with Crippen molar-refractivity contribution in [2.75, 3.05) is 38.1 Å². The van der Waals surface area contributed by atoms with Gasteiger partial charge in [0.15, 0.2) is 0 Å². The van der Waals surface area contributed by atoms with Gasteiger partial charge in [-0.2, -0.15) is 0 Å². The van der Waals surface area contributed by atoms with Crippen molar-refractivity contribution in [1.29, 1.82) is 0 Å². The van der Waals surface area contributed by atoms with Crippen LogP contribution in [-0.2, 0) is 9.59 Å². The van der Waals surface area contributed by atoms with Crippen LogP contribution in [-0.4, -0.2) is 65.3 Å². The van der Waals surface area contributed by atoms with Gasteiger partial charge < -0.3 is 20.0 Å². The van der Waals surface area contributed by atoms with Gasteiger partial charge in [-0.25, -0.2) is 9.59 Å². The number of hydrogen-bond acceptors (Lipinski definition) is 5. The van der Waals surface area contributed by atoms with Crippen molar-refractivity contribution in [3.63, 3.8) is 0 Å². The number of aromatic nitrogens is 1. The van der Waals surface area contributed by atoms with Gasteiger partial charge in [0, 0.05) is 49.6 Å². The molecule has 0 aliphatic carbocycles. The molecule has 0 saturated carbocycles. The maximum atomic E-state index is 9.55. The number of likely N-dealkylation sites (N-methyl/N-ethyl adjacent to an activating group) is 2. The van der Waals surface area contributed by atoms with Crippen molar-refractivity contribution < 1.29 is 19.8 Å². The maximum Gasteiger partial charge on any atom is 0.328 e. The fourth-order valence-electron chi connectivity index (χ4n) is 3.39. The molecule has 3 rings (SSSR count). The number of nitrogens with zero attached hydrogens (tertiary/aromatic N) is 3. The molecule has 1 aromatic heterocycles. The number of carbonyl (C=O) groups is 2. The molecule has 0 bridgehead atoms. The molecule has 3 aromatic rings. The summed E-state index contributed by atoms with van der Waals surface area (Å²) < 4.78 is 0. The van der Waals surface area contributed by atoms with E-state index in [1.807, 2.05) is 12.3 Å². The summed E-state index contributed by atoms with van der Waals surface area (Å²) >= 11 is 0. The second-order valence-corrected chi connectivity index (χ2v) is 7.80. The Hall–Kier alpha value is -3.97. The lowest BCUT2D eigenvalue weighted by Gasteiger charge is -2.24. The summed E-state index contributed by atoms with van der Waals surface area (Å²) in [7, 11) is 2.16. The van der Waals surface area contributed by atoms with E-state index in [0.29, 0.717) is 12.2 Å². The van der Waals surface area contributed by atoms with Gasteiger partial charge in [0.1, 0.15) is 0 Å². The lowest BCUT2D eigenvalue weighted by Crippen LogP contribution is -2.33. The third-order valence-electron chi connectivity index (χ3n) is 5.49. The number of carboxylic acid groups (broad SMARTS) is 2. The molecule has 7 heteroatoms. The monoisotopic (exact) mass is 475 g/mol. The highest BCUT2D eigenvalue weighted by Crippen LogP contribution is 2.20. The largest absolute Gasteiger partial charge is 0.478 e. The predicted octanol–water partition coefficient (Wildman–Crippen LogP) is 4.90. The Kier molecular flexibility index (Phi) is 11.2. The fourth-order valence-corrected chi connectivity index (χ4v) is 3.39. The van der Waals surface area contributed by atoms with Gasteiger partial charge in [0.2, 0.25) is 0 Å². The highest BCUT2D eigenvalue weighted by atomic mass is 16.4. The normalized spacial score (nSPS) is 11.1. The van der Waals surface area contributed by atoms with Crippen LogP contribution in [0, 0.1) is 0 Å². The Morgan fingerprint density at radius 3 is 2.09 bits per heavy atom. The zero-order valence-electron chi connectivity index (χ0n) is 20.5. The molecule has 35 heavy (non-hydrogen) atoms. The van der Waals surface area contributed by atoms with Crippen LogP contribution in [0.1, 0.15) is 25.0 Å². The summed E-state index contributed by atoms with van der Waals surface area (Å²) in [5.74, 6) is -2.51. The molecule has 0 atom stereocenters. The smallest absolute Gasteiger partial charge is 0.328 e. The molecule has 0 saturated heterocycles. The van der Waals surface area contributed by atoms with Gasteiger partial charge in [0.05, 0.1) is 5.52 Å². The summed E-state index contributed by atoms with van der Waals surface area (Å²) in [6, 6.07) is 19.1. The topological polar surface area (TPSA) is 94.0 Å². The van der Waals surface area contributed by atoms with E-state index in [9.17, 15) is 9.59 Å². The Labute approximate surface area is 206 Å². The summed E-state index contributed by atoms with van der Waals surface area (Å²) in [5, 5.41) is 16.8. The summed E-state index contributed by atoms with van der Waals surface area (Å²) in [6.07, 6.45) is 7.32. The van der Waals surface area contributed by atoms with Gasteiger partial charge in [0.25, 0.3) is 0 Å². The minimum Gasteiger partial charge on any atom is -0.478 e. The van der Waals surface area contributed by atoms with Gasteiger partial charge in [-0.15, -0.1) is 0 Å². The molecule has 2 aromatic carbocycles. The van der Waals surface area contributed by atoms with Crippen molar-refractivity contribution >= 4 is 40.7 Å². The standard InChI is InChI=1S/C24H29N3.C4H4O4/c1-4-27(5-2)19-18-26(3)22-14-11-20(12-15-22)10-13-21-16-17-25-24-9-7-6-8-23(21)24;5-3(6)1-2-4(7)8/h6-17H,4-5,18-19H2,1-3H3;1-2H,(H,5,6)(H,7,8)/b13-10+;2-1-. The van der Waals surface area contributed by atoms with E-state index in [2.05, 4.69) is 96.4 Å². The van der Waals surface area contributed by atoms with E-state index in [1.54, 1.807) is 0 Å². The van der Waals surface area contributed by atoms with Crippen LogP contribution < -0.4 is 4.90 Å². The molecule has 0 fully saturated rings. The van der Waals surface area contributed by atoms with Crippen LogP contribution in [0.15, 0.2) is 72.9 Å². The molecule has 0 unspecified atom stereocenters. The molecule has 0 radical (unpaired) electrons. The van der Waals surface area contributed by atoms with E-state index >= 15 is 0 Å². The first-order valence-electron chi connectivity index (χ1n) is 11.5. The summed E-state index contributed by atoms with van der Waals surface area (Å²) in [5.41, 5.74) is 4.69. The minimum absolute atomic E-state index is 0.558. The average molecular weight is 476 g/mol. The van der Waals surface area contributed by atoms with Crippen molar-refractivity contribution in [3.05, 3.63) is 84.1 Å². The number of para-hydroxylation sites is 1. The maximum absolute atomic E-state index is 9.55. The van der Waals surface area contributed by atoms with Crippen LogP contribution in [0.4, 0.5) is 5.69 Å². The van der Waals surface area contributed by atoms with E-state index in [-0.39, 0.29) is 0 Å². The molecule has 1 heterocycles. The van der Waals surface area contributed by atoms with E-state index in [1.165, 1.54) is 22.2 Å². The SMILES string of the molecule is CCN(CC)CCN(C)c1ccc(/C=C/c2ccnc3ccccc23)cc1.O=C(O)/C=C\C(=O)O. The number of aliphatic carboxylic acids is 2. The summed E-state index contributed by atoms with van der Waals surface area (Å²) in [4.78, 5) is 28.3. The van der Waals surface area contributed by atoms with Gasteiger partial charge in [-0.1, -0.05) is 56.3 Å². The molecule has 7 nitrogen and oxygen atoms in total. The summed E-state index contributed by atoms with van der Waals surface area (Å²) in [6.45, 7) is 8.79. The quantitative estimate of drug-likeness (QED) is 0.403. The predicted molar refractivity (Wildman–Crippen MR) is 143 cm³/mol. The molecule has 2 N–H and O–H groups in total. The first-order chi connectivity index (χ1) is 16.8. The Morgan fingerprint density at radius 1 is 0.857 bits per heavy atom. The van der Waals surface area contributed by atoms with Crippen LogP contribution in [0.3, 0.4) is 0 Å². The van der Waals surface area contributed by atoms with Crippen LogP contribution >= 0.6 is 0 Å². The fraction of sp³-hybridized carbons (Fsp3) is 0.250. The zero-order chi connectivity index (χ0) is 25.6. The Morgan fingerprint density at radius 2 is 1.49 bits per heavy atom. The molecular formula is C28H33N3O4. The molecular weight excluding hydrogens is 442 g/mol. The molecule has 0 spiro atoms. The van der Waals surface area contributed by atoms with Crippen molar-refractivity contribution in [1.82, 2.24) is 9.88 Å². The van der Waals surface area contributed by atoms with Gasteiger partial charge >= 0.3 is 11.9 Å². The number of rotatable bonds is 10. The average Bonchev–Trinajstić information content (AvgIpc) is 2.87.